The maximum atomic E-state index is 12.5. The highest BCUT2D eigenvalue weighted by molar-refractivity contribution is 5.96. The average molecular weight is 356 g/mol. The topological polar surface area (TPSA) is 67.9 Å². The number of rotatable bonds is 8. The number of carbonyl (C=O) groups is 2. The van der Waals surface area contributed by atoms with E-state index in [1.54, 1.807) is 43.1 Å². The fourth-order valence-electron chi connectivity index (χ4n) is 2.35. The zero-order chi connectivity index (χ0) is 18.8. The van der Waals surface area contributed by atoms with Crippen molar-refractivity contribution < 1.29 is 19.1 Å². The molecule has 0 bridgehead atoms. The van der Waals surface area contributed by atoms with E-state index in [9.17, 15) is 9.59 Å². The van der Waals surface area contributed by atoms with Gasteiger partial charge in [0.25, 0.3) is 5.91 Å². The Hall–Kier alpha value is -3.02. The van der Waals surface area contributed by atoms with Gasteiger partial charge in [0, 0.05) is 24.8 Å². The van der Waals surface area contributed by atoms with E-state index in [4.69, 9.17) is 9.47 Å². The monoisotopic (exact) mass is 356 g/mol. The van der Waals surface area contributed by atoms with Crippen molar-refractivity contribution >= 4 is 17.7 Å². The van der Waals surface area contributed by atoms with Crippen LogP contribution in [0.4, 0.5) is 10.5 Å². The molecule has 0 saturated heterocycles. The van der Waals surface area contributed by atoms with Gasteiger partial charge in [0.05, 0.1) is 13.2 Å². The van der Waals surface area contributed by atoms with Crippen molar-refractivity contribution in [2.75, 3.05) is 32.1 Å². The molecule has 0 aliphatic carbocycles. The minimum atomic E-state index is -0.538. The number of benzene rings is 2. The summed E-state index contributed by atoms with van der Waals surface area (Å²) in [6.07, 6.45) is 0.182. The van der Waals surface area contributed by atoms with Crippen LogP contribution in [-0.2, 0) is 4.74 Å². The van der Waals surface area contributed by atoms with Crippen molar-refractivity contribution in [3.8, 4) is 5.75 Å². The Morgan fingerprint density at radius 2 is 1.85 bits per heavy atom. The molecule has 6 nitrogen and oxygen atoms in total. The predicted molar refractivity (Wildman–Crippen MR) is 101 cm³/mol. The number of amides is 2. The molecule has 0 saturated carbocycles. The van der Waals surface area contributed by atoms with Gasteiger partial charge in [-0.05, 0) is 43.7 Å². The molecule has 1 N–H and O–H groups in total. The third kappa shape index (κ3) is 6.12. The van der Waals surface area contributed by atoms with Gasteiger partial charge in [0.2, 0.25) is 0 Å². The molecular formula is C20H24N2O4. The average Bonchev–Trinajstić information content (AvgIpc) is 2.65. The van der Waals surface area contributed by atoms with Crippen LogP contribution in [0.1, 0.15) is 23.7 Å². The van der Waals surface area contributed by atoms with E-state index in [2.05, 4.69) is 5.32 Å². The van der Waals surface area contributed by atoms with E-state index >= 15 is 0 Å². The predicted octanol–water partition coefficient (Wildman–Crippen LogP) is 3.80. The van der Waals surface area contributed by atoms with E-state index in [0.29, 0.717) is 24.4 Å². The number of para-hydroxylation sites is 1. The first kappa shape index (κ1) is 19.3. The van der Waals surface area contributed by atoms with Crippen LogP contribution in [0.15, 0.2) is 54.6 Å². The molecule has 0 fully saturated rings. The van der Waals surface area contributed by atoms with Crippen LogP contribution in [0.25, 0.3) is 0 Å². The van der Waals surface area contributed by atoms with Gasteiger partial charge < -0.3 is 14.4 Å². The summed E-state index contributed by atoms with van der Waals surface area (Å²) in [5.41, 5.74) is 1.03. The van der Waals surface area contributed by atoms with Crippen LogP contribution >= 0.6 is 0 Å². The summed E-state index contributed by atoms with van der Waals surface area (Å²) in [7, 11) is 1.75. The van der Waals surface area contributed by atoms with Gasteiger partial charge in [-0.15, -0.1) is 0 Å². The minimum Gasteiger partial charge on any atom is -0.494 e. The van der Waals surface area contributed by atoms with Crippen LogP contribution < -0.4 is 10.1 Å². The van der Waals surface area contributed by atoms with Crippen molar-refractivity contribution in [1.29, 1.82) is 0 Å². The Morgan fingerprint density at radius 3 is 2.58 bits per heavy atom. The van der Waals surface area contributed by atoms with Crippen molar-refractivity contribution in [2.24, 2.45) is 0 Å². The van der Waals surface area contributed by atoms with Gasteiger partial charge in [-0.3, -0.25) is 10.1 Å². The van der Waals surface area contributed by atoms with E-state index < -0.39 is 6.09 Å². The maximum Gasteiger partial charge on any atom is 0.411 e. The fraction of sp³-hybridized carbons (Fsp3) is 0.300. The third-order valence-electron chi connectivity index (χ3n) is 3.63. The zero-order valence-corrected chi connectivity index (χ0v) is 15.1. The molecule has 0 spiro atoms. The number of hydrogen-bond acceptors (Lipinski definition) is 4. The van der Waals surface area contributed by atoms with Crippen LogP contribution in [0.2, 0.25) is 0 Å². The number of hydrogen-bond donors (Lipinski definition) is 1. The zero-order valence-electron chi connectivity index (χ0n) is 15.1. The summed E-state index contributed by atoms with van der Waals surface area (Å²) in [4.78, 5) is 25.6. The Bertz CT molecular complexity index is 719. The molecule has 0 radical (unpaired) electrons. The highest BCUT2D eigenvalue weighted by Crippen LogP contribution is 2.13. The van der Waals surface area contributed by atoms with E-state index in [1.165, 1.54) is 0 Å². The standard InChI is InChI=1S/C20H24N2O4/c1-3-25-20(24)21-17-10-7-9-16(15-17)19(23)22(2)13-8-14-26-18-11-5-4-6-12-18/h4-7,9-12,15H,3,8,13-14H2,1-2H3,(H,21,24). The summed E-state index contributed by atoms with van der Waals surface area (Å²) in [5, 5.41) is 2.60. The van der Waals surface area contributed by atoms with E-state index in [0.717, 1.165) is 12.2 Å². The number of nitrogens with zero attached hydrogens (tertiary/aromatic N) is 1. The third-order valence-corrected chi connectivity index (χ3v) is 3.63. The Labute approximate surface area is 153 Å². The van der Waals surface area contributed by atoms with Gasteiger partial charge in [-0.25, -0.2) is 4.79 Å². The van der Waals surface area contributed by atoms with Crippen LogP contribution in [0, 0.1) is 0 Å². The number of nitrogens with one attached hydrogen (secondary N) is 1. The van der Waals surface area contributed by atoms with Crippen molar-refractivity contribution in [3.05, 3.63) is 60.2 Å². The Balaban J connectivity index is 1.82. The number of anilines is 1. The first-order valence-corrected chi connectivity index (χ1v) is 8.57. The van der Waals surface area contributed by atoms with Gasteiger partial charge in [0.15, 0.2) is 0 Å². The smallest absolute Gasteiger partial charge is 0.411 e. The first-order valence-electron chi connectivity index (χ1n) is 8.57. The highest BCUT2D eigenvalue weighted by Gasteiger charge is 2.12. The molecule has 138 valence electrons. The second-order valence-electron chi connectivity index (χ2n) is 5.67. The number of ether oxygens (including phenoxy) is 2. The van der Waals surface area contributed by atoms with Gasteiger partial charge in [-0.1, -0.05) is 24.3 Å². The van der Waals surface area contributed by atoms with Crippen LogP contribution in [0.3, 0.4) is 0 Å². The molecule has 0 aliphatic rings. The second-order valence-corrected chi connectivity index (χ2v) is 5.67. The SMILES string of the molecule is CCOC(=O)Nc1cccc(C(=O)N(C)CCCOc2ccccc2)c1. The van der Waals surface area contributed by atoms with Crippen molar-refractivity contribution in [3.63, 3.8) is 0 Å². The lowest BCUT2D eigenvalue weighted by Gasteiger charge is -2.18. The Kier molecular flexibility index (Phi) is 7.49. The summed E-state index contributed by atoms with van der Waals surface area (Å²) in [6.45, 7) is 3.13. The van der Waals surface area contributed by atoms with Gasteiger partial charge >= 0.3 is 6.09 Å². The molecule has 2 aromatic carbocycles. The summed E-state index contributed by atoms with van der Waals surface area (Å²) in [5.74, 6) is 0.705. The molecule has 26 heavy (non-hydrogen) atoms. The molecule has 2 amide bonds. The van der Waals surface area contributed by atoms with Crippen molar-refractivity contribution in [1.82, 2.24) is 4.90 Å². The molecule has 0 aliphatic heterocycles. The maximum absolute atomic E-state index is 12.5. The van der Waals surface area contributed by atoms with Crippen molar-refractivity contribution in [2.45, 2.75) is 13.3 Å². The molecule has 0 heterocycles. The fourth-order valence-corrected chi connectivity index (χ4v) is 2.35. The molecule has 6 heteroatoms. The lowest BCUT2D eigenvalue weighted by atomic mass is 10.1. The van der Waals surface area contributed by atoms with Crippen LogP contribution in [0.5, 0.6) is 5.75 Å². The highest BCUT2D eigenvalue weighted by atomic mass is 16.5. The lowest BCUT2D eigenvalue weighted by molar-refractivity contribution is 0.0787. The quantitative estimate of drug-likeness (QED) is 0.731. The summed E-state index contributed by atoms with van der Waals surface area (Å²) < 4.78 is 10.5. The van der Waals surface area contributed by atoms with Gasteiger partial charge in [-0.2, -0.15) is 0 Å². The molecule has 2 rings (SSSR count). The molecule has 0 unspecified atom stereocenters. The minimum absolute atomic E-state index is 0.114. The Morgan fingerprint density at radius 1 is 1.08 bits per heavy atom. The first-order chi connectivity index (χ1) is 12.6. The van der Waals surface area contributed by atoms with E-state index in [1.807, 2.05) is 30.3 Å². The largest absolute Gasteiger partial charge is 0.494 e. The molecule has 2 aromatic rings. The van der Waals surface area contributed by atoms with Gasteiger partial charge in [0.1, 0.15) is 5.75 Å². The van der Waals surface area contributed by atoms with E-state index in [-0.39, 0.29) is 12.5 Å². The summed E-state index contributed by atoms with van der Waals surface area (Å²) >= 11 is 0. The number of carbonyl (C=O) groups excluding carboxylic acids is 2. The van der Waals surface area contributed by atoms with Crippen LogP contribution in [-0.4, -0.2) is 43.7 Å². The molecule has 0 atom stereocenters. The molecular weight excluding hydrogens is 332 g/mol. The second kappa shape index (κ2) is 10.1. The lowest BCUT2D eigenvalue weighted by Crippen LogP contribution is -2.28. The summed E-state index contributed by atoms with van der Waals surface area (Å²) in [6, 6.07) is 16.4. The molecule has 0 aromatic heterocycles. The normalized spacial score (nSPS) is 10.1.